The fourth-order valence-corrected chi connectivity index (χ4v) is 2.03. The Morgan fingerprint density at radius 1 is 1.25 bits per heavy atom. The van der Waals surface area contributed by atoms with Crippen LogP contribution in [0.5, 0.6) is 0 Å². The number of nitrogens with one attached hydrogen (secondary N) is 1. The van der Waals surface area contributed by atoms with E-state index in [2.05, 4.69) is 20.4 Å². The Bertz CT molecular complexity index is 561. The third-order valence-corrected chi connectivity index (χ3v) is 3.21. The van der Waals surface area contributed by atoms with E-state index in [1.165, 1.54) is 12.1 Å². The molecular weight excluding hydrogens is 230 g/mol. The SMILES string of the molecule is Cc1ccc(S(=O)(=O)Nn2cnnn2)cc1. The molecule has 0 aliphatic heterocycles. The third kappa shape index (κ3) is 2.16. The summed E-state index contributed by atoms with van der Waals surface area (Å²) in [6.45, 7) is 1.88. The van der Waals surface area contributed by atoms with E-state index in [-0.39, 0.29) is 4.90 Å². The highest BCUT2D eigenvalue weighted by Gasteiger charge is 2.13. The number of benzene rings is 1. The fraction of sp³-hybridized carbons (Fsp3) is 0.125. The number of aromatic nitrogens is 4. The lowest BCUT2D eigenvalue weighted by Crippen LogP contribution is -2.23. The topological polar surface area (TPSA) is 89.8 Å². The molecule has 8 heteroatoms. The van der Waals surface area contributed by atoms with Crippen molar-refractivity contribution in [2.24, 2.45) is 0 Å². The quantitative estimate of drug-likeness (QED) is 0.808. The molecule has 0 amide bonds. The fourth-order valence-electron chi connectivity index (χ4n) is 1.10. The van der Waals surface area contributed by atoms with Gasteiger partial charge in [0.2, 0.25) is 0 Å². The molecule has 0 unspecified atom stereocenters. The summed E-state index contributed by atoms with van der Waals surface area (Å²) in [7, 11) is -3.63. The average molecular weight is 239 g/mol. The number of hydrogen-bond acceptors (Lipinski definition) is 5. The van der Waals surface area contributed by atoms with E-state index in [4.69, 9.17) is 0 Å². The van der Waals surface area contributed by atoms with Gasteiger partial charge in [-0.05, 0) is 29.5 Å². The van der Waals surface area contributed by atoms with Crippen molar-refractivity contribution in [2.45, 2.75) is 11.8 Å². The molecule has 0 spiro atoms. The van der Waals surface area contributed by atoms with Gasteiger partial charge in [-0.25, -0.2) is 0 Å². The molecule has 2 aromatic rings. The first-order valence-electron chi connectivity index (χ1n) is 4.40. The highest BCUT2D eigenvalue weighted by molar-refractivity contribution is 7.92. The molecule has 0 saturated heterocycles. The molecule has 0 saturated carbocycles. The lowest BCUT2D eigenvalue weighted by atomic mass is 10.2. The molecule has 1 aromatic carbocycles. The zero-order chi connectivity index (χ0) is 11.6. The van der Waals surface area contributed by atoms with E-state index in [0.29, 0.717) is 0 Å². The first-order chi connectivity index (χ1) is 7.58. The van der Waals surface area contributed by atoms with E-state index in [1.54, 1.807) is 12.1 Å². The molecular formula is C8H9N5O2S. The number of nitrogens with zero attached hydrogens (tertiary/aromatic N) is 4. The molecule has 16 heavy (non-hydrogen) atoms. The first kappa shape index (κ1) is 10.6. The Balaban J connectivity index is 2.29. The molecule has 84 valence electrons. The van der Waals surface area contributed by atoms with Crippen LogP contribution < -0.4 is 4.83 Å². The van der Waals surface area contributed by atoms with Crippen LogP contribution in [-0.2, 0) is 10.0 Å². The number of aryl methyl sites for hydroxylation is 1. The lowest BCUT2D eigenvalue weighted by molar-refractivity contribution is 0.590. The van der Waals surface area contributed by atoms with Crippen LogP contribution in [0.2, 0.25) is 0 Å². The van der Waals surface area contributed by atoms with Crippen LogP contribution >= 0.6 is 0 Å². The van der Waals surface area contributed by atoms with Gasteiger partial charge in [-0.3, -0.25) is 0 Å². The van der Waals surface area contributed by atoms with Crippen molar-refractivity contribution in [1.82, 2.24) is 20.3 Å². The molecule has 1 heterocycles. The van der Waals surface area contributed by atoms with Crippen molar-refractivity contribution in [3.05, 3.63) is 36.2 Å². The Morgan fingerprint density at radius 2 is 1.94 bits per heavy atom. The summed E-state index contributed by atoms with van der Waals surface area (Å²) < 4.78 is 23.6. The molecule has 7 nitrogen and oxygen atoms in total. The summed E-state index contributed by atoms with van der Waals surface area (Å²) in [5.74, 6) is 0. The second-order valence-corrected chi connectivity index (χ2v) is 4.82. The van der Waals surface area contributed by atoms with E-state index in [0.717, 1.165) is 16.7 Å². The summed E-state index contributed by atoms with van der Waals surface area (Å²) >= 11 is 0. The zero-order valence-corrected chi connectivity index (χ0v) is 9.22. The van der Waals surface area contributed by atoms with Crippen LogP contribution in [-0.4, -0.2) is 28.7 Å². The van der Waals surface area contributed by atoms with Crippen LogP contribution in [0.1, 0.15) is 5.56 Å². The number of rotatable bonds is 3. The smallest absolute Gasteiger partial charge is 0.200 e. The van der Waals surface area contributed by atoms with Crippen molar-refractivity contribution in [3.63, 3.8) is 0 Å². The Labute approximate surface area is 92.1 Å². The van der Waals surface area contributed by atoms with Crippen molar-refractivity contribution >= 4 is 10.0 Å². The molecule has 1 aromatic heterocycles. The second-order valence-electron chi connectivity index (χ2n) is 3.16. The summed E-state index contributed by atoms with van der Waals surface area (Å²) in [4.78, 5) is 3.27. The van der Waals surface area contributed by atoms with Crippen molar-refractivity contribution in [3.8, 4) is 0 Å². The maximum absolute atomic E-state index is 11.8. The molecule has 0 atom stereocenters. The van der Waals surface area contributed by atoms with Gasteiger partial charge >= 0.3 is 0 Å². The summed E-state index contributed by atoms with van der Waals surface area (Å²) in [5, 5.41) is 10.0. The second kappa shape index (κ2) is 3.89. The molecule has 1 N–H and O–H groups in total. The number of sulfonamides is 1. The van der Waals surface area contributed by atoms with Crippen LogP contribution in [0, 0.1) is 6.92 Å². The normalized spacial score (nSPS) is 11.3. The van der Waals surface area contributed by atoms with E-state index in [9.17, 15) is 8.42 Å². The van der Waals surface area contributed by atoms with Gasteiger partial charge < -0.3 is 0 Å². The summed E-state index contributed by atoms with van der Waals surface area (Å²) in [5.41, 5.74) is 0.987. The van der Waals surface area contributed by atoms with Crippen molar-refractivity contribution in [2.75, 3.05) is 4.83 Å². The van der Waals surface area contributed by atoms with Gasteiger partial charge in [-0.15, -0.1) is 9.89 Å². The van der Waals surface area contributed by atoms with E-state index in [1.807, 2.05) is 6.92 Å². The minimum absolute atomic E-state index is 0.161. The van der Waals surface area contributed by atoms with Gasteiger partial charge in [0.05, 0.1) is 4.90 Å². The monoisotopic (exact) mass is 239 g/mol. The minimum Gasteiger partial charge on any atom is -0.200 e. The lowest BCUT2D eigenvalue weighted by Gasteiger charge is -2.05. The summed E-state index contributed by atoms with van der Waals surface area (Å²) in [6.07, 6.45) is 1.16. The third-order valence-electron chi connectivity index (χ3n) is 1.89. The highest BCUT2D eigenvalue weighted by atomic mass is 32.2. The zero-order valence-electron chi connectivity index (χ0n) is 8.40. The van der Waals surface area contributed by atoms with Gasteiger partial charge in [0.1, 0.15) is 0 Å². The summed E-state index contributed by atoms with van der Waals surface area (Å²) in [6, 6.07) is 6.46. The Kier molecular flexibility index (Phi) is 2.57. The average Bonchev–Trinajstić information content (AvgIpc) is 2.70. The van der Waals surface area contributed by atoms with Crippen LogP contribution in [0.25, 0.3) is 0 Å². The van der Waals surface area contributed by atoms with Gasteiger partial charge in [-0.2, -0.15) is 13.2 Å². The van der Waals surface area contributed by atoms with Crippen LogP contribution in [0.3, 0.4) is 0 Å². The van der Waals surface area contributed by atoms with Gasteiger partial charge in [0.15, 0.2) is 6.33 Å². The predicted octanol–water partition coefficient (Wildman–Crippen LogP) is -0.0861. The standard InChI is InChI=1S/C8H9N5O2S/c1-7-2-4-8(5-3-7)16(14,15)12-13-6-9-10-11-13/h2-6,12H,1H3. The predicted molar refractivity (Wildman–Crippen MR) is 55.5 cm³/mol. The van der Waals surface area contributed by atoms with Crippen molar-refractivity contribution < 1.29 is 8.42 Å². The van der Waals surface area contributed by atoms with Crippen LogP contribution in [0.4, 0.5) is 0 Å². The maximum atomic E-state index is 11.8. The minimum atomic E-state index is -3.63. The van der Waals surface area contributed by atoms with Gasteiger partial charge in [0.25, 0.3) is 10.0 Å². The molecule has 0 radical (unpaired) electrons. The molecule has 0 bridgehead atoms. The van der Waals surface area contributed by atoms with Crippen LogP contribution in [0.15, 0.2) is 35.5 Å². The van der Waals surface area contributed by atoms with Gasteiger partial charge in [0, 0.05) is 0 Å². The first-order valence-corrected chi connectivity index (χ1v) is 5.89. The molecule has 2 rings (SSSR count). The highest BCUT2D eigenvalue weighted by Crippen LogP contribution is 2.10. The van der Waals surface area contributed by atoms with Crippen molar-refractivity contribution in [1.29, 1.82) is 0 Å². The molecule has 0 aliphatic rings. The van der Waals surface area contributed by atoms with Gasteiger partial charge in [-0.1, -0.05) is 17.7 Å². The van der Waals surface area contributed by atoms with E-state index >= 15 is 0 Å². The largest absolute Gasteiger partial charge is 0.276 e. The Morgan fingerprint density at radius 3 is 2.50 bits per heavy atom. The molecule has 0 aliphatic carbocycles. The molecule has 0 fully saturated rings. The maximum Gasteiger partial charge on any atom is 0.276 e. The number of tetrazole rings is 1. The van der Waals surface area contributed by atoms with E-state index < -0.39 is 10.0 Å². The Hall–Kier alpha value is -1.96. The number of hydrogen-bond donors (Lipinski definition) is 1.